The Labute approximate surface area is 578 Å². The monoisotopic (exact) mass is 1280 g/mol. The fourth-order valence-electron chi connectivity index (χ4n) is 16.2. The van der Waals surface area contributed by atoms with Crippen molar-refractivity contribution in [3.05, 3.63) is 384 Å². The molecule has 0 unspecified atom stereocenters. The summed E-state index contributed by atoms with van der Waals surface area (Å²) in [6.45, 7) is 0. The number of rotatable bonds is 9. The first-order valence-electron chi connectivity index (χ1n) is 33.8. The molecule has 2 aliphatic carbocycles. The number of para-hydroxylation sites is 1. The topological polar surface area (TPSA) is 95.8 Å². The average Bonchev–Trinajstić information content (AvgIpc) is 1.49. The predicted octanol–water partition coefficient (Wildman–Crippen LogP) is 22.0. The van der Waals surface area contributed by atoms with E-state index in [-0.39, 0.29) is 0 Å². The van der Waals surface area contributed by atoms with Gasteiger partial charge in [-0.15, -0.1) is 0 Å². The fraction of sp³-hybridized carbons (Fsp3) is 0.0217. The van der Waals surface area contributed by atoms with Crippen LogP contribution in [0.4, 0.5) is 0 Å². The summed E-state index contributed by atoms with van der Waals surface area (Å²) in [5.74, 6) is 4.43. The minimum absolute atomic E-state index is 0.570. The van der Waals surface area contributed by atoms with Gasteiger partial charge in [0.15, 0.2) is 11.6 Å². The zero-order valence-electron chi connectivity index (χ0n) is 53.8. The van der Waals surface area contributed by atoms with Crippen LogP contribution in [0.25, 0.3) is 124 Å². The molecule has 0 fully saturated rings. The number of nitrogens with zero attached hydrogens (tertiary/aromatic N) is 6. The second-order valence-corrected chi connectivity index (χ2v) is 25.9. The predicted molar refractivity (Wildman–Crippen MR) is 397 cm³/mol. The molecule has 16 aromatic rings. The van der Waals surface area contributed by atoms with Crippen molar-refractivity contribution in [1.82, 2.24) is 29.9 Å². The number of hydrogen-bond acceptors (Lipinski definition) is 8. The Balaban J connectivity index is 0.660. The Morgan fingerprint density at radius 1 is 0.210 bits per heavy atom. The molecule has 8 heteroatoms. The molecule has 2 spiro atoms. The Morgan fingerprint density at radius 2 is 0.600 bits per heavy atom. The van der Waals surface area contributed by atoms with Crippen LogP contribution in [0.15, 0.2) is 340 Å². The summed E-state index contributed by atoms with van der Waals surface area (Å²) in [4.78, 5) is 31.3. The minimum Gasteiger partial charge on any atom is -0.457 e. The van der Waals surface area contributed by atoms with Crippen molar-refractivity contribution < 1.29 is 9.47 Å². The number of hydrogen-bond donors (Lipinski definition) is 0. The first-order valence-corrected chi connectivity index (χ1v) is 33.8. The van der Waals surface area contributed by atoms with E-state index < -0.39 is 10.8 Å². The highest BCUT2D eigenvalue weighted by molar-refractivity contribution is 5.92. The third-order valence-electron chi connectivity index (χ3n) is 20.6. The highest BCUT2D eigenvalue weighted by atomic mass is 16.5. The summed E-state index contributed by atoms with van der Waals surface area (Å²) in [5.41, 5.74) is 27.1. The van der Waals surface area contributed by atoms with Crippen LogP contribution in [0, 0.1) is 0 Å². The SMILES string of the molecule is c1ccc(-c2cc(-c3ccccc3)nc(-c3ccc(-c4ccc5c(c4)C4(c6ccc(-c7ccc(-c8cc(-c9ccccc9)nc(-c9cccnc9-c9ccc%10c(c9)C9(c%11ccccc%11O%10)c%10ccccc%10-c%10ccccc%109)n8)cc7)cc6O5)c5ccccc5-c5ccccc54)nc3)n2)cc1. The molecule has 8 nitrogen and oxygen atoms in total. The number of aromatic nitrogens is 6. The quantitative estimate of drug-likeness (QED) is 0.141. The molecular formula is C92H56N6O2. The zero-order chi connectivity index (χ0) is 65.9. The number of fused-ring (bicyclic) bond motifs is 18. The Kier molecular flexibility index (Phi) is 12.9. The highest BCUT2D eigenvalue weighted by Crippen LogP contribution is 2.64. The lowest BCUT2D eigenvalue weighted by atomic mass is 9.65. The lowest BCUT2D eigenvalue weighted by molar-refractivity contribution is 0.436. The largest absolute Gasteiger partial charge is 0.457 e. The van der Waals surface area contributed by atoms with Crippen LogP contribution < -0.4 is 9.47 Å². The average molecular weight is 1280 g/mol. The van der Waals surface area contributed by atoms with E-state index in [4.69, 9.17) is 39.4 Å². The Morgan fingerprint density at radius 3 is 1.13 bits per heavy atom. The molecule has 4 aromatic heterocycles. The smallest absolute Gasteiger partial charge is 0.162 e. The van der Waals surface area contributed by atoms with Gasteiger partial charge in [-0.3, -0.25) is 9.97 Å². The molecule has 100 heavy (non-hydrogen) atoms. The van der Waals surface area contributed by atoms with Gasteiger partial charge in [-0.05, 0) is 141 Å². The summed E-state index contributed by atoms with van der Waals surface area (Å²) in [5, 5.41) is 0. The molecule has 0 saturated heterocycles. The van der Waals surface area contributed by atoms with Gasteiger partial charge in [-0.25, -0.2) is 19.9 Å². The minimum atomic E-state index is -0.708. The van der Waals surface area contributed by atoms with E-state index in [1.165, 1.54) is 44.5 Å². The van der Waals surface area contributed by atoms with Crippen LogP contribution >= 0.6 is 0 Å². The summed E-state index contributed by atoms with van der Waals surface area (Å²) in [6, 6.07) is 115. The molecule has 12 aromatic carbocycles. The fourth-order valence-corrected chi connectivity index (χ4v) is 16.2. The maximum atomic E-state index is 7.19. The number of benzene rings is 12. The van der Waals surface area contributed by atoms with Gasteiger partial charge < -0.3 is 9.47 Å². The number of pyridine rings is 2. The molecule has 6 heterocycles. The standard InChI is InChI=1S/C92H56N6O2/c1-4-21-58(22-5-1)80-54-81(59-23-6-2-7-24-59)96-89(95-80)65-43-47-79(94-56-65)63-44-48-86-77(51-63)92(73-34-16-12-29-68(73)69-30-13-17-35-74(69)92)76-46-42-62(53-87(76)100-86)57-38-40-61(41-39-57)83-55-82(60-25-8-3-9-26-60)97-90(98-83)70-31-20-50-93-88(70)64-45-49-85-78(52-64)91(75-36-18-19-37-84(75)99-85)71-32-14-10-27-66(71)67-28-11-15-33-72(67)91/h1-56H. The van der Waals surface area contributed by atoms with Crippen LogP contribution in [0.2, 0.25) is 0 Å². The van der Waals surface area contributed by atoms with Crippen molar-refractivity contribution in [3.63, 3.8) is 0 Å². The van der Waals surface area contributed by atoms with Gasteiger partial charge in [-0.2, -0.15) is 0 Å². The molecule has 0 saturated carbocycles. The molecule has 0 amide bonds. The van der Waals surface area contributed by atoms with Crippen molar-refractivity contribution >= 4 is 0 Å². The summed E-state index contributed by atoms with van der Waals surface area (Å²) < 4.78 is 14.0. The van der Waals surface area contributed by atoms with Crippen LogP contribution in [-0.2, 0) is 10.8 Å². The lowest BCUT2D eigenvalue weighted by Gasteiger charge is -2.39. The van der Waals surface area contributed by atoms with E-state index in [0.29, 0.717) is 11.6 Å². The highest BCUT2D eigenvalue weighted by Gasteiger charge is 2.53. The van der Waals surface area contributed by atoms with Gasteiger partial charge in [0.1, 0.15) is 23.0 Å². The maximum absolute atomic E-state index is 7.19. The lowest BCUT2D eigenvalue weighted by Crippen LogP contribution is -2.32. The third-order valence-corrected chi connectivity index (χ3v) is 20.6. The van der Waals surface area contributed by atoms with Crippen LogP contribution in [0.1, 0.15) is 44.5 Å². The van der Waals surface area contributed by atoms with Crippen LogP contribution in [-0.4, -0.2) is 29.9 Å². The molecule has 2 aliphatic heterocycles. The normalized spacial score (nSPS) is 13.3. The summed E-state index contributed by atoms with van der Waals surface area (Å²) >= 11 is 0. The second-order valence-electron chi connectivity index (χ2n) is 25.9. The van der Waals surface area contributed by atoms with Crippen molar-refractivity contribution in [2.24, 2.45) is 0 Å². The van der Waals surface area contributed by atoms with Gasteiger partial charge in [-0.1, -0.05) is 243 Å². The first-order chi connectivity index (χ1) is 49.5. The first kappa shape index (κ1) is 57.0. The molecule has 0 N–H and O–H groups in total. The molecule has 0 atom stereocenters. The van der Waals surface area contributed by atoms with Crippen molar-refractivity contribution in [2.75, 3.05) is 0 Å². The van der Waals surface area contributed by atoms with E-state index in [1.54, 1.807) is 0 Å². The van der Waals surface area contributed by atoms with Gasteiger partial charge in [0.25, 0.3) is 0 Å². The van der Waals surface area contributed by atoms with Crippen LogP contribution in [0.5, 0.6) is 23.0 Å². The Bertz CT molecular complexity index is 5830. The van der Waals surface area contributed by atoms with Crippen LogP contribution in [0.3, 0.4) is 0 Å². The summed E-state index contributed by atoms with van der Waals surface area (Å²) in [7, 11) is 0. The van der Waals surface area contributed by atoms with Crippen molar-refractivity contribution in [1.29, 1.82) is 0 Å². The van der Waals surface area contributed by atoms with Gasteiger partial charge in [0.05, 0.1) is 45.0 Å². The molecule has 0 bridgehead atoms. The zero-order valence-corrected chi connectivity index (χ0v) is 53.8. The molecule has 0 radical (unpaired) electrons. The van der Waals surface area contributed by atoms with Crippen molar-refractivity contribution in [2.45, 2.75) is 10.8 Å². The van der Waals surface area contributed by atoms with E-state index in [9.17, 15) is 0 Å². The maximum Gasteiger partial charge on any atom is 0.162 e. The van der Waals surface area contributed by atoms with E-state index in [2.05, 4.69) is 279 Å². The van der Waals surface area contributed by atoms with Gasteiger partial charge >= 0.3 is 0 Å². The van der Waals surface area contributed by atoms with Gasteiger partial charge in [0, 0.05) is 79.2 Å². The molecule has 4 aliphatic rings. The number of ether oxygens (including phenoxy) is 2. The van der Waals surface area contributed by atoms with E-state index in [1.807, 2.05) is 60.9 Å². The summed E-state index contributed by atoms with van der Waals surface area (Å²) in [6.07, 6.45) is 3.75. The molecule has 20 rings (SSSR count). The van der Waals surface area contributed by atoms with Gasteiger partial charge in [0.2, 0.25) is 0 Å². The molecular weight excluding hydrogens is 1220 g/mol. The second kappa shape index (κ2) is 22.7. The van der Waals surface area contributed by atoms with E-state index >= 15 is 0 Å². The van der Waals surface area contributed by atoms with Crippen molar-refractivity contribution in [3.8, 4) is 147 Å². The third kappa shape index (κ3) is 8.80. The Hall–Kier alpha value is -13.3. The van der Waals surface area contributed by atoms with E-state index in [0.717, 1.165) is 135 Å². The molecule has 466 valence electrons.